The van der Waals surface area contributed by atoms with Gasteiger partial charge >= 0.3 is 0 Å². The monoisotopic (exact) mass is 227 g/mol. The minimum Gasteiger partial charge on any atom is -0.384 e. The highest BCUT2D eigenvalue weighted by Gasteiger charge is 2.06. The largest absolute Gasteiger partial charge is 0.384 e. The summed E-state index contributed by atoms with van der Waals surface area (Å²) in [5.74, 6) is 0.503. The molecule has 72 valence electrons. The van der Waals surface area contributed by atoms with E-state index in [1.165, 1.54) is 0 Å². The molecule has 0 amide bonds. The number of nitrogens with one attached hydrogen (secondary N) is 1. The fraction of sp³-hybridized carbons (Fsp3) is 0. The van der Waals surface area contributed by atoms with Crippen LogP contribution in [0.5, 0.6) is 0 Å². The molecule has 0 aliphatic heterocycles. The number of anilines is 1. The van der Waals surface area contributed by atoms with Crippen molar-refractivity contribution in [1.29, 1.82) is 0 Å². The number of H-pyrrole nitrogens is 1. The lowest BCUT2D eigenvalue weighted by molar-refractivity contribution is 1.10. The highest BCUT2D eigenvalue weighted by atomic mass is 35.5. The maximum Gasteiger partial charge on any atom is 0.126 e. The number of nitrogen functional groups attached to an aromatic ring is 1. The van der Waals surface area contributed by atoms with Crippen LogP contribution in [0, 0.1) is 0 Å². The standard InChI is InChI=1S/C9H7Cl2N3/c10-6-1-5(2-7(11)3-6)8-4-13-14-9(8)12/h1-4H,(H3,12,13,14). The normalized spacial score (nSPS) is 10.4. The second kappa shape index (κ2) is 3.52. The van der Waals surface area contributed by atoms with E-state index in [2.05, 4.69) is 10.2 Å². The van der Waals surface area contributed by atoms with E-state index in [4.69, 9.17) is 28.9 Å². The maximum atomic E-state index is 5.86. The van der Waals surface area contributed by atoms with Gasteiger partial charge in [0, 0.05) is 15.6 Å². The van der Waals surface area contributed by atoms with E-state index in [0.29, 0.717) is 15.9 Å². The average molecular weight is 228 g/mol. The molecule has 0 saturated carbocycles. The number of aromatic nitrogens is 2. The van der Waals surface area contributed by atoms with Crippen molar-refractivity contribution in [3.63, 3.8) is 0 Å². The van der Waals surface area contributed by atoms with Crippen molar-refractivity contribution in [1.82, 2.24) is 10.2 Å². The van der Waals surface area contributed by atoms with Gasteiger partial charge in [0.05, 0.1) is 6.20 Å². The van der Waals surface area contributed by atoms with Crippen LogP contribution < -0.4 is 5.73 Å². The van der Waals surface area contributed by atoms with Crippen molar-refractivity contribution < 1.29 is 0 Å². The van der Waals surface area contributed by atoms with E-state index in [1.54, 1.807) is 24.4 Å². The molecule has 2 aromatic rings. The Morgan fingerprint density at radius 1 is 1.14 bits per heavy atom. The van der Waals surface area contributed by atoms with Gasteiger partial charge in [0.2, 0.25) is 0 Å². The Bertz CT molecular complexity index is 445. The third-order valence-electron chi connectivity index (χ3n) is 1.84. The van der Waals surface area contributed by atoms with Crippen LogP contribution in [-0.4, -0.2) is 10.2 Å². The lowest BCUT2D eigenvalue weighted by Gasteiger charge is -2.01. The summed E-state index contributed by atoms with van der Waals surface area (Å²) in [6.45, 7) is 0. The summed E-state index contributed by atoms with van der Waals surface area (Å²) in [4.78, 5) is 0. The van der Waals surface area contributed by atoms with Crippen molar-refractivity contribution in [3.05, 3.63) is 34.4 Å². The molecule has 0 bridgehead atoms. The number of nitrogens with zero attached hydrogens (tertiary/aromatic N) is 1. The van der Waals surface area contributed by atoms with Crippen LogP contribution in [0.1, 0.15) is 0 Å². The summed E-state index contributed by atoms with van der Waals surface area (Å²) < 4.78 is 0. The molecule has 0 saturated heterocycles. The first-order valence-corrected chi connectivity index (χ1v) is 4.68. The van der Waals surface area contributed by atoms with Crippen molar-refractivity contribution in [2.45, 2.75) is 0 Å². The van der Waals surface area contributed by atoms with Crippen LogP contribution in [0.4, 0.5) is 5.82 Å². The second-order valence-electron chi connectivity index (χ2n) is 2.86. The first kappa shape index (κ1) is 9.37. The number of rotatable bonds is 1. The molecule has 0 aliphatic rings. The summed E-state index contributed by atoms with van der Waals surface area (Å²) in [6, 6.07) is 5.24. The van der Waals surface area contributed by atoms with Gasteiger partial charge in [-0.3, -0.25) is 5.10 Å². The van der Waals surface area contributed by atoms with E-state index in [0.717, 1.165) is 11.1 Å². The number of hydrogen-bond donors (Lipinski definition) is 2. The van der Waals surface area contributed by atoms with Crippen LogP contribution in [-0.2, 0) is 0 Å². The van der Waals surface area contributed by atoms with Gasteiger partial charge in [-0.05, 0) is 23.8 Å². The molecule has 3 N–H and O–H groups in total. The van der Waals surface area contributed by atoms with Crippen molar-refractivity contribution in [2.75, 3.05) is 5.73 Å². The maximum absolute atomic E-state index is 5.86. The molecule has 1 aromatic heterocycles. The quantitative estimate of drug-likeness (QED) is 0.788. The zero-order valence-electron chi connectivity index (χ0n) is 7.09. The molecule has 1 aromatic carbocycles. The summed E-state index contributed by atoms with van der Waals surface area (Å²) in [7, 11) is 0. The van der Waals surface area contributed by atoms with Crippen LogP contribution >= 0.6 is 23.2 Å². The molecule has 0 radical (unpaired) electrons. The molecule has 0 unspecified atom stereocenters. The molecule has 5 heteroatoms. The summed E-state index contributed by atoms with van der Waals surface area (Å²) in [5, 5.41) is 7.62. The Morgan fingerprint density at radius 3 is 2.29 bits per heavy atom. The Kier molecular flexibility index (Phi) is 2.35. The second-order valence-corrected chi connectivity index (χ2v) is 3.73. The van der Waals surface area contributed by atoms with E-state index in [-0.39, 0.29) is 0 Å². The third kappa shape index (κ3) is 1.69. The van der Waals surface area contributed by atoms with Crippen molar-refractivity contribution >= 4 is 29.0 Å². The van der Waals surface area contributed by atoms with Crippen molar-refractivity contribution in [3.8, 4) is 11.1 Å². The van der Waals surface area contributed by atoms with Crippen LogP contribution in [0.2, 0.25) is 10.0 Å². The number of nitrogens with two attached hydrogens (primary N) is 1. The number of hydrogen-bond acceptors (Lipinski definition) is 2. The lowest BCUT2D eigenvalue weighted by Crippen LogP contribution is -1.87. The van der Waals surface area contributed by atoms with Gasteiger partial charge in [0.1, 0.15) is 5.82 Å². The SMILES string of the molecule is Nc1[nH]ncc1-c1cc(Cl)cc(Cl)c1. The summed E-state index contributed by atoms with van der Waals surface area (Å²) in [6.07, 6.45) is 1.64. The van der Waals surface area contributed by atoms with Crippen LogP contribution in [0.25, 0.3) is 11.1 Å². The Labute approximate surface area is 90.8 Å². The van der Waals surface area contributed by atoms with E-state index >= 15 is 0 Å². The zero-order chi connectivity index (χ0) is 10.1. The first-order chi connectivity index (χ1) is 6.66. The molecule has 1 heterocycles. The van der Waals surface area contributed by atoms with Crippen LogP contribution in [0.3, 0.4) is 0 Å². The van der Waals surface area contributed by atoms with Crippen LogP contribution in [0.15, 0.2) is 24.4 Å². The fourth-order valence-corrected chi connectivity index (χ4v) is 1.76. The van der Waals surface area contributed by atoms with Gasteiger partial charge in [0.25, 0.3) is 0 Å². The third-order valence-corrected chi connectivity index (χ3v) is 2.28. The number of aromatic amines is 1. The fourth-order valence-electron chi connectivity index (χ4n) is 1.24. The molecular weight excluding hydrogens is 221 g/mol. The number of halogens is 2. The molecule has 0 aliphatic carbocycles. The van der Waals surface area contributed by atoms with Gasteiger partial charge in [-0.15, -0.1) is 0 Å². The summed E-state index contributed by atoms with van der Waals surface area (Å²) >= 11 is 11.7. The van der Waals surface area contributed by atoms with Gasteiger partial charge in [-0.2, -0.15) is 5.10 Å². The van der Waals surface area contributed by atoms with E-state index < -0.39 is 0 Å². The Morgan fingerprint density at radius 2 is 1.79 bits per heavy atom. The summed E-state index contributed by atoms with van der Waals surface area (Å²) in [5.41, 5.74) is 7.32. The van der Waals surface area contributed by atoms with E-state index in [1.807, 2.05) is 0 Å². The Hall–Kier alpha value is -1.19. The van der Waals surface area contributed by atoms with Crippen molar-refractivity contribution in [2.24, 2.45) is 0 Å². The number of benzene rings is 1. The zero-order valence-corrected chi connectivity index (χ0v) is 8.60. The topological polar surface area (TPSA) is 54.7 Å². The average Bonchev–Trinajstić information content (AvgIpc) is 2.49. The predicted molar refractivity (Wildman–Crippen MR) is 58.5 cm³/mol. The molecule has 14 heavy (non-hydrogen) atoms. The molecule has 3 nitrogen and oxygen atoms in total. The molecular formula is C9H7Cl2N3. The molecule has 0 spiro atoms. The minimum atomic E-state index is 0.503. The first-order valence-electron chi connectivity index (χ1n) is 3.92. The van der Waals surface area contributed by atoms with Gasteiger partial charge in [-0.1, -0.05) is 23.2 Å². The highest BCUT2D eigenvalue weighted by molar-refractivity contribution is 6.35. The lowest BCUT2D eigenvalue weighted by atomic mass is 10.1. The predicted octanol–water partition coefficient (Wildman–Crippen LogP) is 2.97. The van der Waals surface area contributed by atoms with Gasteiger partial charge in [0.15, 0.2) is 0 Å². The minimum absolute atomic E-state index is 0.503. The van der Waals surface area contributed by atoms with E-state index in [9.17, 15) is 0 Å². The molecule has 2 rings (SSSR count). The Balaban J connectivity index is 2.57. The van der Waals surface area contributed by atoms with Gasteiger partial charge < -0.3 is 5.73 Å². The smallest absolute Gasteiger partial charge is 0.126 e. The molecule has 0 atom stereocenters. The van der Waals surface area contributed by atoms with Gasteiger partial charge in [-0.25, -0.2) is 0 Å². The molecule has 0 fully saturated rings. The highest BCUT2D eigenvalue weighted by Crippen LogP contribution is 2.29.